The van der Waals surface area contributed by atoms with Crippen molar-refractivity contribution in [2.75, 3.05) is 6.61 Å². The predicted molar refractivity (Wildman–Crippen MR) is 66.6 cm³/mol. The topological polar surface area (TPSA) is 49.3 Å². The lowest BCUT2D eigenvalue weighted by atomic mass is 10.1. The summed E-state index contributed by atoms with van der Waals surface area (Å²) >= 11 is 1.68. The Balaban J connectivity index is 2.24. The molecule has 4 heteroatoms. The average Bonchev–Trinajstić information content (AvgIpc) is 2.78. The fourth-order valence-corrected chi connectivity index (χ4v) is 2.23. The molecule has 0 aliphatic carbocycles. The second-order valence-corrected chi connectivity index (χ2v) is 4.80. The fourth-order valence-electron chi connectivity index (χ4n) is 1.53. The lowest BCUT2D eigenvalue weighted by Gasteiger charge is -2.15. The number of carbonyl (C=O) groups is 1. The number of nitrogens with one attached hydrogen (secondary N) is 1. The molecular formula is C12H19NO2S. The van der Waals surface area contributed by atoms with E-state index in [0.29, 0.717) is 12.8 Å². The van der Waals surface area contributed by atoms with Crippen molar-refractivity contribution in [3.05, 3.63) is 22.4 Å². The molecule has 1 rings (SSSR count). The van der Waals surface area contributed by atoms with Crippen LogP contribution in [0, 0.1) is 0 Å². The molecule has 1 aromatic heterocycles. The van der Waals surface area contributed by atoms with Crippen molar-refractivity contribution >= 4 is 17.2 Å². The van der Waals surface area contributed by atoms with E-state index in [9.17, 15) is 4.79 Å². The quantitative estimate of drug-likeness (QED) is 0.766. The Morgan fingerprint density at radius 2 is 2.44 bits per heavy atom. The van der Waals surface area contributed by atoms with Crippen LogP contribution < -0.4 is 5.32 Å². The van der Waals surface area contributed by atoms with E-state index in [0.717, 1.165) is 12.8 Å². The highest BCUT2D eigenvalue weighted by Gasteiger charge is 2.09. The second kappa shape index (κ2) is 7.41. The first-order valence-corrected chi connectivity index (χ1v) is 6.56. The zero-order valence-corrected chi connectivity index (χ0v) is 10.4. The molecule has 0 spiro atoms. The third kappa shape index (κ3) is 4.77. The molecule has 0 saturated heterocycles. The maximum Gasteiger partial charge on any atom is 0.220 e. The molecule has 0 aliphatic heterocycles. The molecule has 16 heavy (non-hydrogen) atoms. The van der Waals surface area contributed by atoms with E-state index in [-0.39, 0.29) is 18.6 Å². The lowest BCUT2D eigenvalue weighted by molar-refractivity contribution is -0.121. The van der Waals surface area contributed by atoms with Crippen molar-refractivity contribution in [2.45, 2.75) is 38.6 Å². The summed E-state index contributed by atoms with van der Waals surface area (Å²) in [5.74, 6) is 0.0775. The molecule has 0 aromatic carbocycles. The number of rotatable bonds is 7. The zero-order valence-electron chi connectivity index (χ0n) is 9.61. The van der Waals surface area contributed by atoms with Gasteiger partial charge in [-0.15, -0.1) is 11.3 Å². The number of aliphatic hydroxyl groups is 1. The van der Waals surface area contributed by atoms with Crippen molar-refractivity contribution in [1.82, 2.24) is 5.32 Å². The maximum absolute atomic E-state index is 11.6. The predicted octanol–water partition coefficient (Wildman–Crippen LogP) is 1.96. The monoisotopic (exact) mass is 241 g/mol. The number of hydrogen-bond acceptors (Lipinski definition) is 3. The first-order chi connectivity index (χ1) is 7.76. The summed E-state index contributed by atoms with van der Waals surface area (Å²) in [5, 5.41) is 13.8. The molecule has 90 valence electrons. The van der Waals surface area contributed by atoms with Gasteiger partial charge in [-0.3, -0.25) is 4.79 Å². The summed E-state index contributed by atoms with van der Waals surface area (Å²) in [6, 6.07) is 4.16. The minimum atomic E-state index is 0.0775. The SMILES string of the molecule is CCC(CCO)NC(=O)CCc1cccs1. The summed E-state index contributed by atoms with van der Waals surface area (Å²) in [4.78, 5) is 12.8. The van der Waals surface area contributed by atoms with Crippen LogP contribution in [0.5, 0.6) is 0 Å². The molecule has 1 heterocycles. The minimum absolute atomic E-state index is 0.0775. The van der Waals surface area contributed by atoms with Crippen LogP contribution >= 0.6 is 11.3 Å². The molecule has 1 amide bonds. The van der Waals surface area contributed by atoms with Crippen LogP contribution in [0.2, 0.25) is 0 Å². The molecule has 0 fully saturated rings. The number of thiophene rings is 1. The van der Waals surface area contributed by atoms with Crippen molar-refractivity contribution in [3.8, 4) is 0 Å². The molecule has 3 nitrogen and oxygen atoms in total. The van der Waals surface area contributed by atoms with E-state index in [1.54, 1.807) is 11.3 Å². The Labute approximate surface area is 100 Å². The smallest absolute Gasteiger partial charge is 0.220 e. The summed E-state index contributed by atoms with van der Waals surface area (Å²) < 4.78 is 0. The van der Waals surface area contributed by atoms with Crippen LogP contribution in [0.25, 0.3) is 0 Å². The standard InChI is InChI=1S/C12H19NO2S/c1-2-10(7-8-14)13-12(15)6-5-11-4-3-9-16-11/h3-4,9-10,14H,2,5-8H2,1H3,(H,13,15). The van der Waals surface area contributed by atoms with E-state index in [1.165, 1.54) is 4.88 Å². The van der Waals surface area contributed by atoms with Gasteiger partial charge in [0.2, 0.25) is 5.91 Å². The van der Waals surface area contributed by atoms with Crippen molar-refractivity contribution in [2.24, 2.45) is 0 Å². The van der Waals surface area contributed by atoms with Crippen LogP contribution in [0.3, 0.4) is 0 Å². The third-order valence-corrected chi connectivity index (χ3v) is 3.45. The van der Waals surface area contributed by atoms with Crippen LogP contribution in [0.4, 0.5) is 0 Å². The molecular weight excluding hydrogens is 222 g/mol. The average molecular weight is 241 g/mol. The normalized spacial score (nSPS) is 12.4. The van der Waals surface area contributed by atoms with Crippen LogP contribution in [0.1, 0.15) is 31.1 Å². The van der Waals surface area contributed by atoms with Gasteiger partial charge >= 0.3 is 0 Å². The largest absolute Gasteiger partial charge is 0.396 e. The number of carbonyl (C=O) groups excluding carboxylic acids is 1. The lowest BCUT2D eigenvalue weighted by Crippen LogP contribution is -2.35. The molecule has 0 saturated carbocycles. The van der Waals surface area contributed by atoms with E-state index < -0.39 is 0 Å². The molecule has 0 radical (unpaired) electrons. The summed E-state index contributed by atoms with van der Waals surface area (Å²) in [7, 11) is 0. The van der Waals surface area contributed by atoms with E-state index in [4.69, 9.17) is 5.11 Å². The Kier molecular flexibility index (Phi) is 6.11. The summed E-state index contributed by atoms with van der Waals surface area (Å²) in [6.45, 7) is 2.14. The number of amides is 1. The molecule has 1 unspecified atom stereocenters. The van der Waals surface area contributed by atoms with Crippen molar-refractivity contribution < 1.29 is 9.90 Å². The van der Waals surface area contributed by atoms with Crippen LogP contribution in [-0.2, 0) is 11.2 Å². The van der Waals surface area contributed by atoms with Gasteiger partial charge in [0.25, 0.3) is 0 Å². The van der Waals surface area contributed by atoms with Gasteiger partial charge in [0.15, 0.2) is 0 Å². The van der Waals surface area contributed by atoms with Crippen LogP contribution in [-0.4, -0.2) is 23.7 Å². The van der Waals surface area contributed by atoms with Gasteiger partial charge in [-0.1, -0.05) is 13.0 Å². The summed E-state index contributed by atoms with van der Waals surface area (Å²) in [5.41, 5.74) is 0. The van der Waals surface area contributed by atoms with E-state index in [1.807, 2.05) is 24.4 Å². The van der Waals surface area contributed by atoms with Gasteiger partial charge in [-0.05, 0) is 30.7 Å². The first-order valence-electron chi connectivity index (χ1n) is 5.68. The molecule has 0 bridgehead atoms. The maximum atomic E-state index is 11.6. The zero-order chi connectivity index (χ0) is 11.8. The molecule has 1 aromatic rings. The third-order valence-electron chi connectivity index (χ3n) is 2.51. The minimum Gasteiger partial charge on any atom is -0.396 e. The summed E-state index contributed by atoms with van der Waals surface area (Å²) in [6.07, 6.45) is 2.84. The molecule has 2 N–H and O–H groups in total. The van der Waals surface area contributed by atoms with Crippen LogP contribution in [0.15, 0.2) is 17.5 Å². The van der Waals surface area contributed by atoms with Gasteiger partial charge < -0.3 is 10.4 Å². The number of aliphatic hydroxyl groups excluding tert-OH is 1. The van der Waals surface area contributed by atoms with Crippen molar-refractivity contribution in [1.29, 1.82) is 0 Å². The highest BCUT2D eigenvalue weighted by molar-refractivity contribution is 7.09. The Morgan fingerprint density at radius 1 is 1.62 bits per heavy atom. The second-order valence-electron chi connectivity index (χ2n) is 3.76. The van der Waals surface area contributed by atoms with Crippen molar-refractivity contribution in [3.63, 3.8) is 0 Å². The van der Waals surface area contributed by atoms with E-state index >= 15 is 0 Å². The first kappa shape index (κ1) is 13.2. The highest BCUT2D eigenvalue weighted by atomic mass is 32.1. The van der Waals surface area contributed by atoms with Gasteiger partial charge in [-0.25, -0.2) is 0 Å². The molecule has 0 aliphatic rings. The molecule has 1 atom stereocenters. The Bertz CT molecular complexity index is 298. The van der Waals surface area contributed by atoms with Gasteiger partial charge in [0, 0.05) is 23.9 Å². The fraction of sp³-hybridized carbons (Fsp3) is 0.583. The number of hydrogen-bond donors (Lipinski definition) is 2. The Morgan fingerprint density at radius 3 is 3.00 bits per heavy atom. The van der Waals surface area contributed by atoms with Gasteiger partial charge in [0.1, 0.15) is 0 Å². The van der Waals surface area contributed by atoms with E-state index in [2.05, 4.69) is 5.32 Å². The van der Waals surface area contributed by atoms with Gasteiger partial charge in [0.05, 0.1) is 0 Å². The Hall–Kier alpha value is -0.870. The highest BCUT2D eigenvalue weighted by Crippen LogP contribution is 2.10. The van der Waals surface area contributed by atoms with Gasteiger partial charge in [-0.2, -0.15) is 0 Å². The number of aryl methyl sites for hydroxylation is 1.